The highest BCUT2D eigenvalue weighted by atomic mass is 79.9. The van der Waals surface area contributed by atoms with E-state index >= 15 is 0 Å². The van der Waals surface area contributed by atoms with Crippen LogP contribution < -0.4 is 0 Å². The molecule has 9 heavy (non-hydrogen) atoms. The molecule has 2 nitrogen and oxygen atoms in total. The van der Waals surface area contributed by atoms with Gasteiger partial charge in [0, 0.05) is 5.33 Å². The lowest BCUT2D eigenvalue weighted by molar-refractivity contribution is -0.139. The smallest absolute Gasteiger partial charge is 0.325 e. The molecule has 0 aromatic heterocycles. The van der Waals surface area contributed by atoms with Gasteiger partial charge in [-0.25, -0.2) is 0 Å². The van der Waals surface area contributed by atoms with Crippen molar-refractivity contribution < 1.29 is 9.90 Å². The van der Waals surface area contributed by atoms with E-state index in [0.29, 0.717) is 6.42 Å². The predicted octanol–water partition coefficient (Wildman–Crippen LogP) is 1.85. The van der Waals surface area contributed by atoms with Crippen molar-refractivity contribution in [2.75, 3.05) is 5.33 Å². The molecule has 0 bridgehead atoms. The minimum atomic E-state index is -1.11. The number of carbonyl (C=O) groups is 1. The standard InChI is InChI=1S/C5H8BrClO2/c1-2-5(7,3-6)4(8)9/h2-3H2,1H3,(H,8,9). The average Bonchev–Trinajstić information content (AvgIpc) is 1.86. The molecule has 0 aromatic carbocycles. The largest absolute Gasteiger partial charge is 0.480 e. The van der Waals surface area contributed by atoms with Crippen molar-refractivity contribution in [1.82, 2.24) is 0 Å². The molecule has 54 valence electrons. The van der Waals surface area contributed by atoms with Gasteiger partial charge in [-0.05, 0) is 6.42 Å². The predicted molar refractivity (Wildman–Crippen MR) is 40.3 cm³/mol. The number of hydrogen-bond donors (Lipinski definition) is 1. The van der Waals surface area contributed by atoms with Crippen LogP contribution in [-0.2, 0) is 4.79 Å². The Kier molecular flexibility index (Phi) is 3.51. The van der Waals surface area contributed by atoms with E-state index in [1.165, 1.54) is 0 Å². The summed E-state index contributed by atoms with van der Waals surface area (Å²) in [6, 6.07) is 0. The van der Waals surface area contributed by atoms with Crippen LogP contribution in [0.3, 0.4) is 0 Å². The Bertz CT molecular complexity index is 112. The maximum absolute atomic E-state index is 10.3. The van der Waals surface area contributed by atoms with Crippen molar-refractivity contribution >= 4 is 33.5 Å². The highest BCUT2D eigenvalue weighted by molar-refractivity contribution is 9.09. The second kappa shape index (κ2) is 3.42. The number of halogens is 2. The third-order valence-electron chi connectivity index (χ3n) is 1.16. The van der Waals surface area contributed by atoms with Crippen LogP contribution in [0.4, 0.5) is 0 Å². The van der Waals surface area contributed by atoms with Gasteiger partial charge in [0.1, 0.15) is 0 Å². The summed E-state index contributed by atoms with van der Waals surface area (Å²) in [5, 5.41) is 8.76. The Morgan fingerprint density at radius 3 is 2.33 bits per heavy atom. The summed E-state index contributed by atoms with van der Waals surface area (Å²) in [5.74, 6) is -0.969. The second-order valence-corrected chi connectivity index (χ2v) is 3.04. The van der Waals surface area contributed by atoms with Gasteiger partial charge in [-0.15, -0.1) is 11.6 Å². The first-order chi connectivity index (χ1) is 4.06. The molecule has 4 heteroatoms. The summed E-state index contributed by atoms with van der Waals surface area (Å²) < 4.78 is 0. The molecular weight excluding hydrogens is 207 g/mol. The van der Waals surface area contributed by atoms with Crippen LogP contribution in [0, 0.1) is 0 Å². The summed E-state index contributed by atoms with van der Waals surface area (Å²) in [6.07, 6.45) is 0.426. The second-order valence-electron chi connectivity index (χ2n) is 1.76. The molecule has 0 radical (unpaired) electrons. The molecule has 1 unspecified atom stereocenters. The van der Waals surface area contributed by atoms with Gasteiger partial charge in [0.15, 0.2) is 4.87 Å². The van der Waals surface area contributed by atoms with Gasteiger partial charge in [-0.1, -0.05) is 22.9 Å². The molecule has 1 atom stereocenters. The van der Waals surface area contributed by atoms with Gasteiger partial charge in [-0.3, -0.25) is 4.79 Å². The lowest BCUT2D eigenvalue weighted by Crippen LogP contribution is -2.33. The van der Waals surface area contributed by atoms with Crippen molar-refractivity contribution in [3.05, 3.63) is 0 Å². The number of rotatable bonds is 3. The SMILES string of the molecule is CCC(Cl)(CBr)C(=O)O. The first-order valence-electron chi connectivity index (χ1n) is 2.55. The number of alkyl halides is 2. The maximum Gasteiger partial charge on any atom is 0.325 e. The Hall–Kier alpha value is 0.240. The van der Waals surface area contributed by atoms with Crippen LogP contribution in [0.1, 0.15) is 13.3 Å². The van der Waals surface area contributed by atoms with E-state index in [-0.39, 0.29) is 5.33 Å². The Labute approximate surface area is 67.3 Å². The van der Waals surface area contributed by atoms with Gasteiger partial charge in [-0.2, -0.15) is 0 Å². The molecule has 0 aromatic rings. The van der Waals surface area contributed by atoms with Gasteiger partial charge in [0.05, 0.1) is 0 Å². The first-order valence-corrected chi connectivity index (χ1v) is 4.05. The Morgan fingerprint density at radius 1 is 1.89 bits per heavy atom. The van der Waals surface area contributed by atoms with Crippen molar-refractivity contribution in [2.24, 2.45) is 0 Å². The van der Waals surface area contributed by atoms with Gasteiger partial charge in [0.25, 0.3) is 0 Å². The minimum absolute atomic E-state index is 0.285. The zero-order valence-corrected chi connectivity index (χ0v) is 7.37. The molecule has 0 aliphatic carbocycles. The molecular formula is C5H8BrClO2. The van der Waals surface area contributed by atoms with Crippen LogP contribution >= 0.6 is 27.5 Å². The van der Waals surface area contributed by atoms with Crippen molar-refractivity contribution in [2.45, 2.75) is 18.2 Å². The van der Waals surface area contributed by atoms with E-state index in [4.69, 9.17) is 16.7 Å². The maximum atomic E-state index is 10.3. The van der Waals surface area contributed by atoms with Crippen molar-refractivity contribution in [1.29, 1.82) is 0 Å². The summed E-state index contributed by atoms with van der Waals surface area (Å²) in [5.41, 5.74) is 0. The number of carboxylic acid groups (broad SMARTS) is 1. The number of carboxylic acids is 1. The third kappa shape index (κ3) is 2.14. The molecule has 0 aliphatic heterocycles. The van der Waals surface area contributed by atoms with Crippen LogP contribution in [0.5, 0.6) is 0 Å². The number of hydrogen-bond acceptors (Lipinski definition) is 1. The molecule has 0 rings (SSSR count). The van der Waals surface area contributed by atoms with Crippen LogP contribution in [0.15, 0.2) is 0 Å². The van der Waals surface area contributed by atoms with Crippen molar-refractivity contribution in [3.8, 4) is 0 Å². The molecule has 0 aliphatic rings. The highest BCUT2D eigenvalue weighted by Gasteiger charge is 2.32. The lowest BCUT2D eigenvalue weighted by atomic mass is 10.1. The Morgan fingerprint density at radius 2 is 2.33 bits per heavy atom. The molecule has 0 heterocycles. The molecule has 0 amide bonds. The first kappa shape index (κ1) is 9.24. The van der Waals surface area contributed by atoms with Gasteiger partial charge < -0.3 is 5.11 Å². The van der Waals surface area contributed by atoms with Crippen molar-refractivity contribution in [3.63, 3.8) is 0 Å². The average molecular weight is 215 g/mol. The highest BCUT2D eigenvalue weighted by Crippen LogP contribution is 2.22. The van der Waals surface area contributed by atoms with Gasteiger partial charge >= 0.3 is 5.97 Å². The van der Waals surface area contributed by atoms with E-state index in [2.05, 4.69) is 15.9 Å². The van der Waals surface area contributed by atoms with E-state index in [9.17, 15) is 4.79 Å². The fourth-order valence-electron chi connectivity index (χ4n) is 0.303. The Balaban J connectivity index is 4.09. The zero-order chi connectivity index (χ0) is 7.49. The molecule has 0 fully saturated rings. The quantitative estimate of drug-likeness (QED) is 0.730. The topological polar surface area (TPSA) is 37.3 Å². The monoisotopic (exact) mass is 214 g/mol. The lowest BCUT2D eigenvalue weighted by Gasteiger charge is -2.15. The third-order valence-corrected chi connectivity index (χ3v) is 3.00. The van der Waals surface area contributed by atoms with Crippen LogP contribution in [0.2, 0.25) is 0 Å². The van der Waals surface area contributed by atoms with Crippen LogP contribution in [0.25, 0.3) is 0 Å². The fraction of sp³-hybridized carbons (Fsp3) is 0.800. The van der Waals surface area contributed by atoms with E-state index in [0.717, 1.165) is 0 Å². The van der Waals surface area contributed by atoms with E-state index in [1.807, 2.05) is 0 Å². The number of aliphatic carboxylic acids is 1. The van der Waals surface area contributed by atoms with E-state index < -0.39 is 10.8 Å². The summed E-state index contributed by atoms with van der Waals surface area (Å²) >= 11 is 8.62. The van der Waals surface area contributed by atoms with E-state index in [1.54, 1.807) is 6.92 Å². The molecule has 0 saturated heterocycles. The summed E-state index contributed by atoms with van der Waals surface area (Å²) in [4.78, 5) is 9.21. The van der Waals surface area contributed by atoms with Gasteiger partial charge in [0.2, 0.25) is 0 Å². The zero-order valence-electron chi connectivity index (χ0n) is 5.03. The summed E-state index contributed by atoms with van der Waals surface area (Å²) in [7, 11) is 0. The summed E-state index contributed by atoms with van der Waals surface area (Å²) in [6.45, 7) is 1.74. The normalized spacial score (nSPS) is 16.8. The molecule has 0 spiro atoms. The molecule has 1 N–H and O–H groups in total. The minimum Gasteiger partial charge on any atom is -0.480 e. The van der Waals surface area contributed by atoms with Crippen LogP contribution in [-0.4, -0.2) is 21.3 Å². The molecule has 0 saturated carbocycles. The fourth-order valence-corrected chi connectivity index (χ4v) is 0.939.